The highest BCUT2D eigenvalue weighted by atomic mass is 35.5. The van der Waals surface area contributed by atoms with E-state index in [4.69, 9.17) is 16.3 Å². The maximum absolute atomic E-state index is 12.2. The summed E-state index contributed by atoms with van der Waals surface area (Å²) < 4.78 is 29.8. The van der Waals surface area contributed by atoms with Crippen molar-refractivity contribution in [3.63, 3.8) is 0 Å². The fraction of sp³-hybridized carbons (Fsp3) is 0.571. The first-order valence-electron chi connectivity index (χ1n) is 6.82. The van der Waals surface area contributed by atoms with Crippen LogP contribution in [0.2, 0.25) is 5.02 Å². The van der Waals surface area contributed by atoms with Gasteiger partial charge in [-0.05, 0) is 18.6 Å². The van der Waals surface area contributed by atoms with Gasteiger partial charge >= 0.3 is 0 Å². The molecule has 20 heavy (non-hydrogen) atoms. The summed E-state index contributed by atoms with van der Waals surface area (Å²) >= 11 is 6.09. The molecule has 0 amide bonds. The molecule has 0 N–H and O–H groups in total. The summed E-state index contributed by atoms with van der Waals surface area (Å²) in [5, 5.41) is 0.311. The van der Waals surface area contributed by atoms with Crippen LogP contribution in [0.4, 0.5) is 0 Å². The van der Waals surface area contributed by atoms with Gasteiger partial charge in [-0.15, -0.1) is 0 Å². The van der Waals surface area contributed by atoms with Crippen molar-refractivity contribution >= 4 is 21.4 Å². The summed E-state index contributed by atoms with van der Waals surface area (Å²) in [6, 6.07) is 5.27. The molecule has 1 aromatic carbocycles. The van der Waals surface area contributed by atoms with E-state index in [0.717, 1.165) is 18.7 Å². The van der Waals surface area contributed by atoms with Crippen molar-refractivity contribution in [2.75, 3.05) is 25.4 Å². The first-order valence-corrected chi connectivity index (χ1v) is 8.85. The Morgan fingerprint density at radius 3 is 2.65 bits per heavy atom. The molecule has 6 heteroatoms. The van der Waals surface area contributed by atoms with Gasteiger partial charge in [0.05, 0.1) is 21.8 Å². The number of hydrogen-bond acceptors (Lipinski definition) is 4. The van der Waals surface area contributed by atoms with Crippen molar-refractivity contribution in [2.24, 2.45) is 0 Å². The predicted octanol–water partition coefficient (Wildman–Crippen LogP) is 2.35. The van der Waals surface area contributed by atoms with Crippen LogP contribution in [0.15, 0.2) is 23.1 Å². The van der Waals surface area contributed by atoms with Gasteiger partial charge in [0.1, 0.15) is 0 Å². The van der Waals surface area contributed by atoms with Crippen LogP contribution >= 0.6 is 11.6 Å². The minimum atomic E-state index is -3.30. The quantitative estimate of drug-likeness (QED) is 0.808. The summed E-state index contributed by atoms with van der Waals surface area (Å²) in [5.74, 6) is 0.0608. The summed E-state index contributed by atoms with van der Waals surface area (Å²) in [6.07, 6.45) is 0.269. The van der Waals surface area contributed by atoms with E-state index < -0.39 is 9.84 Å². The number of ether oxygens (including phenoxy) is 1. The highest BCUT2D eigenvalue weighted by molar-refractivity contribution is 7.91. The molecule has 0 unspecified atom stereocenters. The van der Waals surface area contributed by atoms with Crippen LogP contribution in [0, 0.1) is 0 Å². The van der Waals surface area contributed by atoms with E-state index >= 15 is 0 Å². The van der Waals surface area contributed by atoms with Gasteiger partial charge in [0.25, 0.3) is 0 Å². The molecule has 0 spiro atoms. The van der Waals surface area contributed by atoms with Gasteiger partial charge in [0.2, 0.25) is 0 Å². The van der Waals surface area contributed by atoms with Crippen LogP contribution in [0.3, 0.4) is 0 Å². The lowest BCUT2D eigenvalue weighted by Gasteiger charge is -2.39. The Morgan fingerprint density at radius 1 is 1.35 bits per heavy atom. The van der Waals surface area contributed by atoms with Gasteiger partial charge in [-0.3, -0.25) is 4.90 Å². The van der Waals surface area contributed by atoms with Crippen LogP contribution < -0.4 is 0 Å². The van der Waals surface area contributed by atoms with Crippen molar-refractivity contribution in [2.45, 2.75) is 31.4 Å². The molecule has 112 valence electrons. The van der Waals surface area contributed by atoms with Crippen molar-refractivity contribution in [1.29, 1.82) is 0 Å². The Morgan fingerprint density at radius 2 is 2.05 bits per heavy atom. The second kappa shape index (κ2) is 6.43. The zero-order valence-corrected chi connectivity index (χ0v) is 13.4. The zero-order valence-electron chi connectivity index (χ0n) is 11.8. The van der Waals surface area contributed by atoms with E-state index in [2.05, 4.69) is 4.90 Å². The molecule has 0 aromatic heterocycles. The third-order valence-corrected chi connectivity index (χ3v) is 5.75. The van der Waals surface area contributed by atoms with Crippen LogP contribution in [-0.2, 0) is 21.1 Å². The Labute approximate surface area is 125 Å². The molecule has 1 heterocycles. The number of likely N-dealkylation sites (tertiary alicyclic amines) is 1. The lowest BCUT2D eigenvalue weighted by atomic mass is 10.1. The van der Waals surface area contributed by atoms with Gasteiger partial charge in [-0.1, -0.05) is 30.7 Å². The molecular weight excluding hydrogens is 298 g/mol. The molecule has 4 nitrogen and oxygen atoms in total. The Bertz CT molecular complexity index is 568. The molecule has 0 bridgehead atoms. The fourth-order valence-corrected chi connectivity index (χ4v) is 4.14. The second-order valence-electron chi connectivity index (χ2n) is 4.90. The Hall–Kier alpha value is -0.620. The fourth-order valence-electron chi connectivity index (χ4n) is 2.40. The molecule has 2 rings (SSSR count). The first-order chi connectivity index (χ1) is 9.47. The normalized spacial score (nSPS) is 17.1. The average Bonchev–Trinajstić information content (AvgIpc) is 2.36. The number of nitrogens with zero attached hydrogens (tertiary/aromatic N) is 1. The summed E-state index contributed by atoms with van der Waals surface area (Å²) in [5.41, 5.74) is 0.772. The lowest BCUT2D eigenvalue weighted by molar-refractivity contribution is -0.0533. The first kappa shape index (κ1) is 15.8. The molecule has 0 atom stereocenters. The number of sulfone groups is 1. The van der Waals surface area contributed by atoms with Crippen LogP contribution in [-0.4, -0.2) is 44.9 Å². The number of rotatable bonds is 6. The Kier molecular flexibility index (Phi) is 5.07. The van der Waals surface area contributed by atoms with Gasteiger partial charge < -0.3 is 4.74 Å². The maximum atomic E-state index is 12.2. The van der Waals surface area contributed by atoms with Crippen molar-refractivity contribution in [1.82, 2.24) is 4.90 Å². The van der Waals surface area contributed by atoms with Gasteiger partial charge in [-0.2, -0.15) is 0 Å². The smallest absolute Gasteiger partial charge is 0.179 e. The van der Waals surface area contributed by atoms with E-state index in [9.17, 15) is 8.42 Å². The van der Waals surface area contributed by atoms with Gasteiger partial charge in [0.15, 0.2) is 9.84 Å². The highest BCUT2D eigenvalue weighted by Gasteiger charge is 2.29. The van der Waals surface area contributed by atoms with Gasteiger partial charge in [-0.25, -0.2) is 8.42 Å². The van der Waals surface area contributed by atoms with E-state index in [-0.39, 0.29) is 16.8 Å². The zero-order chi connectivity index (χ0) is 14.8. The molecule has 1 aromatic rings. The number of hydrogen-bond donors (Lipinski definition) is 0. The van der Waals surface area contributed by atoms with Crippen molar-refractivity contribution < 1.29 is 13.2 Å². The SMILES string of the molecule is CCOC1CN(Cc2cccc(Cl)c2S(=O)(=O)CC)C1. The minimum Gasteiger partial charge on any atom is -0.376 e. The van der Waals surface area contributed by atoms with Crippen molar-refractivity contribution in [3.05, 3.63) is 28.8 Å². The van der Waals surface area contributed by atoms with E-state index in [1.54, 1.807) is 19.1 Å². The van der Waals surface area contributed by atoms with E-state index in [1.807, 2.05) is 13.0 Å². The number of benzene rings is 1. The standard InChI is InChI=1S/C14H20ClNO3S/c1-3-19-12-9-16(10-12)8-11-6-5-7-13(15)14(11)20(17,18)4-2/h5-7,12H,3-4,8-10H2,1-2H3. The summed E-state index contributed by atoms with van der Waals surface area (Å²) in [4.78, 5) is 2.45. The van der Waals surface area contributed by atoms with Gasteiger partial charge in [0, 0.05) is 26.2 Å². The van der Waals surface area contributed by atoms with Crippen LogP contribution in [0.1, 0.15) is 19.4 Å². The molecule has 1 fully saturated rings. The topological polar surface area (TPSA) is 46.6 Å². The largest absolute Gasteiger partial charge is 0.376 e. The second-order valence-corrected chi connectivity index (χ2v) is 7.53. The highest BCUT2D eigenvalue weighted by Crippen LogP contribution is 2.28. The van der Waals surface area contributed by atoms with Crippen LogP contribution in [0.5, 0.6) is 0 Å². The third kappa shape index (κ3) is 3.34. The van der Waals surface area contributed by atoms with E-state index in [1.165, 1.54) is 0 Å². The van der Waals surface area contributed by atoms with Crippen molar-refractivity contribution in [3.8, 4) is 0 Å². The molecule has 1 aliphatic rings. The molecule has 1 aliphatic heterocycles. The molecule has 0 saturated carbocycles. The number of halogens is 1. The third-order valence-electron chi connectivity index (χ3n) is 3.46. The monoisotopic (exact) mass is 317 g/mol. The van der Waals surface area contributed by atoms with E-state index in [0.29, 0.717) is 18.2 Å². The predicted molar refractivity (Wildman–Crippen MR) is 79.9 cm³/mol. The molecule has 0 radical (unpaired) electrons. The summed E-state index contributed by atoms with van der Waals surface area (Å²) in [7, 11) is -3.30. The summed E-state index contributed by atoms with van der Waals surface area (Å²) in [6.45, 7) is 6.60. The molecular formula is C14H20ClNO3S. The minimum absolute atomic E-state index is 0.0608. The maximum Gasteiger partial charge on any atom is 0.179 e. The molecule has 0 aliphatic carbocycles. The molecule has 1 saturated heterocycles. The van der Waals surface area contributed by atoms with Crippen LogP contribution in [0.25, 0.3) is 0 Å². The lowest BCUT2D eigenvalue weighted by Crippen LogP contribution is -2.51. The Balaban J connectivity index is 2.15. The average molecular weight is 318 g/mol.